The van der Waals surface area contributed by atoms with Crippen LogP contribution in [0.1, 0.15) is 35.2 Å². The zero-order valence-corrected chi connectivity index (χ0v) is 11.1. The summed E-state index contributed by atoms with van der Waals surface area (Å²) in [6.45, 7) is 10.0. The lowest BCUT2D eigenvalue weighted by molar-refractivity contribution is 0.125. The molecule has 0 amide bonds. The third-order valence-electron chi connectivity index (χ3n) is 3.09. The third-order valence-corrected chi connectivity index (χ3v) is 3.09. The molecule has 1 atom stereocenters. The van der Waals surface area contributed by atoms with Crippen LogP contribution in [0.5, 0.6) is 0 Å². The molecule has 1 N–H and O–H groups in total. The van der Waals surface area contributed by atoms with E-state index in [0.29, 0.717) is 6.04 Å². The number of likely N-dealkylation sites (N-methyl/N-ethyl adjacent to an activating group) is 1. The van der Waals surface area contributed by atoms with Crippen LogP contribution in [0.25, 0.3) is 0 Å². The summed E-state index contributed by atoms with van der Waals surface area (Å²) in [5.41, 5.74) is 5.38. The number of aryl methyl sites for hydroxylation is 3. The molecule has 2 nitrogen and oxygen atoms in total. The Morgan fingerprint density at radius 1 is 1.12 bits per heavy atom. The van der Waals surface area contributed by atoms with Gasteiger partial charge in [-0.3, -0.25) is 0 Å². The van der Waals surface area contributed by atoms with E-state index in [4.69, 9.17) is 4.74 Å². The van der Waals surface area contributed by atoms with Gasteiger partial charge in [0.05, 0.1) is 12.6 Å². The Morgan fingerprint density at radius 3 is 2.31 bits per heavy atom. The molecular weight excluding hydrogens is 198 g/mol. The van der Waals surface area contributed by atoms with Gasteiger partial charge in [-0.25, -0.2) is 0 Å². The minimum absolute atomic E-state index is 0.291. The first-order valence-electron chi connectivity index (χ1n) is 5.92. The summed E-state index contributed by atoms with van der Waals surface area (Å²) in [5.74, 6) is 0. The van der Waals surface area contributed by atoms with Crippen LogP contribution in [0.2, 0.25) is 0 Å². The van der Waals surface area contributed by atoms with E-state index in [0.717, 1.165) is 13.2 Å². The molecule has 0 fully saturated rings. The van der Waals surface area contributed by atoms with Gasteiger partial charge in [0, 0.05) is 6.61 Å². The summed E-state index contributed by atoms with van der Waals surface area (Å²) < 4.78 is 5.50. The zero-order chi connectivity index (χ0) is 12.1. The average Bonchev–Trinajstić information content (AvgIpc) is 2.26. The largest absolute Gasteiger partial charge is 0.380 e. The summed E-state index contributed by atoms with van der Waals surface area (Å²) in [6.07, 6.45) is 0. The van der Waals surface area contributed by atoms with Gasteiger partial charge in [0.25, 0.3) is 0 Å². The minimum atomic E-state index is 0.291. The van der Waals surface area contributed by atoms with Crippen LogP contribution in [-0.2, 0) is 4.74 Å². The van der Waals surface area contributed by atoms with E-state index in [2.05, 4.69) is 38.2 Å². The molecule has 0 spiro atoms. The van der Waals surface area contributed by atoms with Crippen molar-refractivity contribution in [1.29, 1.82) is 0 Å². The van der Waals surface area contributed by atoms with Crippen LogP contribution in [0.4, 0.5) is 0 Å². The molecule has 1 aromatic rings. The molecule has 0 radical (unpaired) electrons. The van der Waals surface area contributed by atoms with Crippen LogP contribution < -0.4 is 5.32 Å². The highest BCUT2D eigenvalue weighted by Gasteiger charge is 2.12. The summed E-state index contributed by atoms with van der Waals surface area (Å²) in [5, 5.41) is 3.32. The third kappa shape index (κ3) is 3.06. The van der Waals surface area contributed by atoms with Crippen molar-refractivity contribution in [3.8, 4) is 0 Å². The monoisotopic (exact) mass is 221 g/mol. The Bertz CT molecular complexity index is 347. The van der Waals surface area contributed by atoms with Gasteiger partial charge in [0.15, 0.2) is 0 Å². The van der Waals surface area contributed by atoms with E-state index < -0.39 is 0 Å². The fraction of sp³-hybridized carbons (Fsp3) is 0.571. The van der Waals surface area contributed by atoms with Crippen molar-refractivity contribution >= 4 is 0 Å². The Balaban J connectivity index is 2.95. The van der Waals surface area contributed by atoms with Gasteiger partial charge in [0.1, 0.15) is 0 Å². The zero-order valence-electron chi connectivity index (χ0n) is 11.1. The molecule has 0 heterocycles. The standard InChI is InChI=1S/C14H23NO/c1-6-16-9-14(15-5)13-8-11(3)10(2)7-12(13)4/h7-8,14-15H,6,9H2,1-5H3. The Kier molecular flexibility index (Phi) is 4.97. The van der Waals surface area contributed by atoms with Crippen molar-refractivity contribution in [1.82, 2.24) is 5.32 Å². The van der Waals surface area contributed by atoms with Crippen molar-refractivity contribution in [2.45, 2.75) is 33.7 Å². The Labute approximate surface area is 99.0 Å². The molecule has 0 saturated carbocycles. The molecular formula is C14H23NO. The SMILES string of the molecule is CCOCC(NC)c1cc(C)c(C)cc1C. The molecule has 90 valence electrons. The van der Waals surface area contributed by atoms with E-state index >= 15 is 0 Å². The van der Waals surface area contributed by atoms with E-state index in [1.165, 1.54) is 22.3 Å². The molecule has 16 heavy (non-hydrogen) atoms. The lowest BCUT2D eigenvalue weighted by atomic mass is 9.96. The molecule has 1 rings (SSSR count). The van der Waals surface area contributed by atoms with Crippen LogP contribution in [0, 0.1) is 20.8 Å². The van der Waals surface area contributed by atoms with Crippen LogP contribution in [-0.4, -0.2) is 20.3 Å². The van der Waals surface area contributed by atoms with Gasteiger partial charge in [-0.15, -0.1) is 0 Å². The van der Waals surface area contributed by atoms with Crippen LogP contribution >= 0.6 is 0 Å². The van der Waals surface area contributed by atoms with Crippen molar-refractivity contribution in [3.63, 3.8) is 0 Å². The molecule has 1 unspecified atom stereocenters. The maximum Gasteiger partial charge on any atom is 0.0661 e. The highest BCUT2D eigenvalue weighted by Crippen LogP contribution is 2.21. The van der Waals surface area contributed by atoms with Gasteiger partial charge in [-0.1, -0.05) is 12.1 Å². The second-order valence-electron chi connectivity index (χ2n) is 4.29. The quantitative estimate of drug-likeness (QED) is 0.825. The fourth-order valence-corrected chi connectivity index (χ4v) is 1.92. The average molecular weight is 221 g/mol. The molecule has 0 aliphatic rings. The number of hydrogen-bond acceptors (Lipinski definition) is 2. The lowest BCUT2D eigenvalue weighted by Crippen LogP contribution is -2.23. The second kappa shape index (κ2) is 6.02. The highest BCUT2D eigenvalue weighted by molar-refractivity contribution is 5.38. The predicted molar refractivity (Wildman–Crippen MR) is 68.9 cm³/mol. The first-order chi connectivity index (χ1) is 7.60. The molecule has 0 bridgehead atoms. The normalized spacial score (nSPS) is 12.8. The van der Waals surface area contributed by atoms with Crippen molar-refractivity contribution in [2.24, 2.45) is 0 Å². The molecule has 1 aromatic carbocycles. The van der Waals surface area contributed by atoms with Crippen molar-refractivity contribution < 1.29 is 4.74 Å². The summed E-state index contributed by atoms with van der Waals surface area (Å²) >= 11 is 0. The van der Waals surface area contributed by atoms with Gasteiger partial charge in [0.2, 0.25) is 0 Å². The molecule has 0 aliphatic heterocycles. The Hall–Kier alpha value is -0.860. The molecule has 0 saturated heterocycles. The summed E-state index contributed by atoms with van der Waals surface area (Å²) in [7, 11) is 1.98. The number of benzene rings is 1. The molecule has 2 heteroatoms. The van der Waals surface area contributed by atoms with Gasteiger partial charge in [-0.05, 0) is 57.0 Å². The lowest BCUT2D eigenvalue weighted by Gasteiger charge is -2.20. The highest BCUT2D eigenvalue weighted by atomic mass is 16.5. The maximum absolute atomic E-state index is 5.50. The van der Waals surface area contributed by atoms with E-state index in [9.17, 15) is 0 Å². The van der Waals surface area contributed by atoms with Crippen molar-refractivity contribution in [2.75, 3.05) is 20.3 Å². The maximum atomic E-state index is 5.50. The number of nitrogens with one attached hydrogen (secondary N) is 1. The first kappa shape index (κ1) is 13.2. The van der Waals surface area contributed by atoms with Crippen LogP contribution in [0.15, 0.2) is 12.1 Å². The van der Waals surface area contributed by atoms with E-state index in [1.807, 2.05) is 14.0 Å². The van der Waals surface area contributed by atoms with E-state index in [-0.39, 0.29) is 0 Å². The fourth-order valence-electron chi connectivity index (χ4n) is 1.92. The van der Waals surface area contributed by atoms with Crippen LogP contribution in [0.3, 0.4) is 0 Å². The molecule has 0 aromatic heterocycles. The smallest absolute Gasteiger partial charge is 0.0661 e. The topological polar surface area (TPSA) is 21.3 Å². The van der Waals surface area contributed by atoms with Gasteiger partial charge >= 0.3 is 0 Å². The number of hydrogen-bond donors (Lipinski definition) is 1. The van der Waals surface area contributed by atoms with Gasteiger partial charge < -0.3 is 10.1 Å². The van der Waals surface area contributed by atoms with Gasteiger partial charge in [-0.2, -0.15) is 0 Å². The first-order valence-corrected chi connectivity index (χ1v) is 5.92. The summed E-state index contributed by atoms with van der Waals surface area (Å²) in [6, 6.07) is 4.81. The number of ether oxygens (including phenoxy) is 1. The minimum Gasteiger partial charge on any atom is -0.380 e. The Morgan fingerprint density at radius 2 is 1.75 bits per heavy atom. The predicted octanol–water partition coefficient (Wildman–Crippen LogP) is 2.91. The van der Waals surface area contributed by atoms with Crippen molar-refractivity contribution in [3.05, 3.63) is 34.4 Å². The number of rotatable bonds is 5. The van der Waals surface area contributed by atoms with E-state index in [1.54, 1.807) is 0 Å². The molecule has 0 aliphatic carbocycles. The second-order valence-corrected chi connectivity index (χ2v) is 4.29. The summed E-state index contributed by atoms with van der Waals surface area (Å²) in [4.78, 5) is 0.